The minimum Gasteiger partial charge on any atom is -0.493 e. The molecule has 0 bridgehead atoms. The Morgan fingerprint density at radius 3 is 1.88 bits per heavy atom. The van der Waals surface area contributed by atoms with Crippen LogP contribution in [0.1, 0.15) is 31.5 Å². The van der Waals surface area contributed by atoms with Gasteiger partial charge in [-0.05, 0) is 20.8 Å². The Kier molecular flexibility index (Phi) is 4.45. The van der Waals surface area contributed by atoms with Gasteiger partial charge in [-0.2, -0.15) is 9.97 Å². The maximum absolute atomic E-state index is 9.44. The lowest BCUT2D eigenvalue weighted by Crippen LogP contribution is -2.12. The molecule has 1 aromatic rings. The van der Waals surface area contributed by atoms with Gasteiger partial charge in [0.2, 0.25) is 18.1 Å². The van der Waals surface area contributed by atoms with Crippen molar-refractivity contribution < 1.29 is 19.7 Å². The minimum atomic E-state index is -0.771. The van der Waals surface area contributed by atoms with Crippen molar-refractivity contribution in [1.29, 1.82) is 0 Å². The molecule has 90 valence electrons. The van der Waals surface area contributed by atoms with Gasteiger partial charge in [-0.25, -0.2) is 0 Å². The molecule has 0 aliphatic rings. The molecule has 0 saturated carbocycles. The van der Waals surface area contributed by atoms with Crippen LogP contribution in [0.25, 0.3) is 0 Å². The largest absolute Gasteiger partial charge is 0.493 e. The molecule has 0 aliphatic carbocycles. The molecule has 1 rings (SSSR count). The number of aromatic nitrogens is 2. The fourth-order valence-corrected chi connectivity index (χ4v) is 1.12. The van der Waals surface area contributed by atoms with Gasteiger partial charge in [0.1, 0.15) is 0 Å². The Morgan fingerprint density at radius 1 is 1.06 bits per heavy atom. The van der Waals surface area contributed by atoms with E-state index in [1.165, 1.54) is 6.92 Å². The minimum absolute atomic E-state index is 0.115. The van der Waals surface area contributed by atoms with E-state index in [1.807, 2.05) is 0 Å². The van der Waals surface area contributed by atoms with Crippen molar-refractivity contribution in [3.05, 3.63) is 11.4 Å². The lowest BCUT2D eigenvalue weighted by Gasteiger charge is -2.15. The first kappa shape index (κ1) is 12.7. The summed E-state index contributed by atoms with van der Waals surface area (Å²) in [5, 5.41) is 18.9. The smallest absolute Gasteiger partial charge is 0.221 e. The summed E-state index contributed by atoms with van der Waals surface area (Å²) in [6.07, 6.45) is -0.771. The number of rotatable bonds is 5. The highest BCUT2D eigenvalue weighted by Gasteiger charge is 2.18. The molecule has 0 aliphatic heterocycles. The quantitative estimate of drug-likeness (QED) is 0.738. The maximum Gasteiger partial charge on any atom is 0.221 e. The first-order chi connectivity index (χ1) is 7.60. The molecule has 0 aromatic carbocycles. The summed E-state index contributed by atoms with van der Waals surface area (Å²) in [7, 11) is 0. The third-order valence-electron chi connectivity index (χ3n) is 1.96. The Bertz CT molecular complexity index is 328. The van der Waals surface area contributed by atoms with E-state index in [9.17, 15) is 10.2 Å². The first-order valence-corrected chi connectivity index (χ1v) is 5.09. The third kappa shape index (κ3) is 2.80. The second-order valence-electron chi connectivity index (χ2n) is 3.10. The molecule has 0 radical (unpaired) electrons. The van der Waals surface area contributed by atoms with Gasteiger partial charge in [0.05, 0.1) is 5.56 Å². The van der Waals surface area contributed by atoms with Gasteiger partial charge in [0, 0.05) is 13.2 Å². The Labute approximate surface area is 93.9 Å². The number of ether oxygens (including phenoxy) is 2. The SMILES string of the molecule is CCOC(OCC)c1nc(O)c(C)c(O)n1. The van der Waals surface area contributed by atoms with Crippen molar-refractivity contribution in [2.45, 2.75) is 27.1 Å². The molecule has 6 nitrogen and oxygen atoms in total. The molecule has 0 spiro atoms. The van der Waals surface area contributed by atoms with Crippen LogP contribution in [0.4, 0.5) is 0 Å². The number of hydrogen-bond acceptors (Lipinski definition) is 6. The molecular weight excluding hydrogens is 212 g/mol. The predicted molar refractivity (Wildman–Crippen MR) is 56.1 cm³/mol. The molecular formula is C10H16N2O4. The molecule has 16 heavy (non-hydrogen) atoms. The van der Waals surface area contributed by atoms with Crippen molar-refractivity contribution >= 4 is 0 Å². The van der Waals surface area contributed by atoms with Crippen LogP contribution in [0.15, 0.2) is 0 Å². The average molecular weight is 228 g/mol. The van der Waals surface area contributed by atoms with Crippen LogP contribution >= 0.6 is 0 Å². The van der Waals surface area contributed by atoms with Gasteiger partial charge in [-0.3, -0.25) is 0 Å². The second-order valence-corrected chi connectivity index (χ2v) is 3.10. The lowest BCUT2D eigenvalue weighted by atomic mass is 10.3. The highest BCUT2D eigenvalue weighted by atomic mass is 16.7. The van der Waals surface area contributed by atoms with E-state index in [0.29, 0.717) is 13.2 Å². The first-order valence-electron chi connectivity index (χ1n) is 5.09. The van der Waals surface area contributed by atoms with E-state index in [1.54, 1.807) is 13.8 Å². The Balaban J connectivity index is 3.00. The topological polar surface area (TPSA) is 84.7 Å². The summed E-state index contributed by atoms with van der Waals surface area (Å²) in [6.45, 7) is 5.97. The summed E-state index contributed by atoms with van der Waals surface area (Å²) in [6, 6.07) is 0. The fourth-order valence-electron chi connectivity index (χ4n) is 1.12. The van der Waals surface area contributed by atoms with Crippen LogP contribution in [0.3, 0.4) is 0 Å². The van der Waals surface area contributed by atoms with E-state index in [-0.39, 0.29) is 23.1 Å². The maximum atomic E-state index is 9.44. The van der Waals surface area contributed by atoms with Crippen LogP contribution in [-0.4, -0.2) is 33.4 Å². The zero-order valence-corrected chi connectivity index (χ0v) is 9.60. The zero-order valence-electron chi connectivity index (χ0n) is 9.60. The van der Waals surface area contributed by atoms with E-state index in [4.69, 9.17) is 9.47 Å². The van der Waals surface area contributed by atoms with E-state index in [2.05, 4.69) is 9.97 Å². The number of aromatic hydroxyl groups is 2. The van der Waals surface area contributed by atoms with Gasteiger partial charge in [-0.15, -0.1) is 0 Å². The fraction of sp³-hybridized carbons (Fsp3) is 0.600. The van der Waals surface area contributed by atoms with Gasteiger partial charge in [0.15, 0.2) is 5.82 Å². The summed E-state index contributed by atoms with van der Waals surface area (Å²) in [5.74, 6) is -0.428. The van der Waals surface area contributed by atoms with Gasteiger partial charge in [0.25, 0.3) is 0 Å². The van der Waals surface area contributed by atoms with Crippen LogP contribution < -0.4 is 0 Å². The molecule has 0 saturated heterocycles. The zero-order chi connectivity index (χ0) is 12.1. The van der Waals surface area contributed by atoms with E-state index >= 15 is 0 Å². The molecule has 0 fully saturated rings. The normalized spacial score (nSPS) is 11.0. The van der Waals surface area contributed by atoms with Crippen molar-refractivity contribution in [3.8, 4) is 11.8 Å². The molecule has 0 amide bonds. The summed E-state index contributed by atoms with van der Waals surface area (Å²) >= 11 is 0. The van der Waals surface area contributed by atoms with Crippen molar-refractivity contribution in [2.24, 2.45) is 0 Å². The average Bonchev–Trinajstić information content (AvgIpc) is 2.25. The second kappa shape index (κ2) is 5.62. The van der Waals surface area contributed by atoms with Gasteiger partial charge < -0.3 is 19.7 Å². The summed E-state index contributed by atoms with van der Waals surface area (Å²) in [5.41, 5.74) is 0.232. The molecule has 0 unspecified atom stereocenters. The lowest BCUT2D eigenvalue weighted by molar-refractivity contribution is -0.145. The highest BCUT2D eigenvalue weighted by molar-refractivity contribution is 5.31. The summed E-state index contributed by atoms with van der Waals surface area (Å²) < 4.78 is 10.5. The van der Waals surface area contributed by atoms with Crippen LogP contribution in [0.2, 0.25) is 0 Å². The number of nitrogens with zero attached hydrogens (tertiary/aromatic N) is 2. The van der Waals surface area contributed by atoms with Crippen molar-refractivity contribution in [3.63, 3.8) is 0 Å². The molecule has 0 atom stereocenters. The highest BCUT2D eigenvalue weighted by Crippen LogP contribution is 2.25. The van der Waals surface area contributed by atoms with Crippen LogP contribution in [0, 0.1) is 6.92 Å². The monoisotopic (exact) mass is 228 g/mol. The van der Waals surface area contributed by atoms with Crippen LogP contribution in [-0.2, 0) is 9.47 Å². The predicted octanol–water partition coefficient (Wildman–Crippen LogP) is 1.27. The molecule has 2 N–H and O–H groups in total. The Hall–Kier alpha value is -1.40. The molecule has 1 heterocycles. The van der Waals surface area contributed by atoms with E-state index < -0.39 is 6.29 Å². The van der Waals surface area contributed by atoms with Crippen LogP contribution in [0.5, 0.6) is 11.8 Å². The van der Waals surface area contributed by atoms with Crippen molar-refractivity contribution in [1.82, 2.24) is 9.97 Å². The van der Waals surface area contributed by atoms with Crippen molar-refractivity contribution in [2.75, 3.05) is 13.2 Å². The van der Waals surface area contributed by atoms with Gasteiger partial charge in [-0.1, -0.05) is 0 Å². The molecule has 6 heteroatoms. The number of hydrogen-bond donors (Lipinski definition) is 2. The third-order valence-corrected chi connectivity index (χ3v) is 1.96. The molecule has 1 aromatic heterocycles. The standard InChI is InChI=1S/C10H16N2O4/c1-4-15-10(16-5-2)7-11-8(13)6(3)9(14)12-7/h10H,4-5H2,1-3H3,(H2,11,12,13,14). The summed E-state index contributed by atoms with van der Waals surface area (Å²) in [4.78, 5) is 7.61. The Morgan fingerprint density at radius 2 is 1.50 bits per heavy atom. The van der Waals surface area contributed by atoms with E-state index in [0.717, 1.165) is 0 Å². The van der Waals surface area contributed by atoms with Gasteiger partial charge >= 0.3 is 0 Å².